The highest BCUT2D eigenvalue weighted by Gasteiger charge is 2.19. The van der Waals surface area contributed by atoms with Gasteiger partial charge >= 0.3 is 0 Å². The molecule has 0 bridgehead atoms. The molecule has 0 unspecified atom stereocenters. The minimum absolute atomic E-state index is 0.352. The summed E-state index contributed by atoms with van der Waals surface area (Å²) in [7, 11) is 0. The van der Waals surface area contributed by atoms with Crippen molar-refractivity contribution in [3.05, 3.63) is 53.3 Å². The summed E-state index contributed by atoms with van der Waals surface area (Å²) in [6.07, 6.45) is 3.41. The Balaban J connectivity index is 2.24. The number of anilines is 1. The second kappa shape index (κ2) is 4.98. The molecule has 0 aliphatic heterocycles. The van der Waals surface area contributed by atoms with Crippen LogP contribution in [0.2, 0.25) is 5.02 Å². The van der Waals surface area contributed by atoms with Gasteiger partial charge in [0.05, 0.1) is 5.56 Å². The molecule has 100 valence electrons. The molecule has 0 spiro atoms. The quantitative estimate of drug-likeness (QED) is 0.774. The van der Waals surface area contributed by atoms with Crippen molar-refractivity contribution < 1.29 is 4.52 Å². The van der Waals surface area contributed by atoms with E-state index < -0.39 is 0 Å². The molecule has 2 heterocycles. The first-order chi connectivity index (χ1) is 9.68. The Morgan fingerprint density at radius 2 is 1.90 bits per heavy atom. The van der Waals surface area contributed by atoms with E-state index >= 15 is 0 Å². The van der Waals surface area contributed by atoms with Gasteiger partial charge in [-0.2, -0.15) is 0 Å². The summed E-state index contributed by atoms with van der Waals surface area (Å²) in [5.74, 6) is 0.972. The topological polar surface area (TPSA) is 64.9 Å². The number of nitrogens with zero attached hydrogens (tertiary/aromatic N) is 2. The van der Waals surface area contributed by atoms with Crippen LogP contribution in [0.15, 0.2) is 47.2 Å². The molecule has 0 aliphatic rings. The predicted octanol–water partition coefficient (Wildman–Crippen LogP) is 3.95. The predicted molar refractivity (Wildman–Crippen MR) is 79.3 cm³/mol. The third-order valence-electron chi connectivity index (χ3n) is 3.20. The van der Waals surface area contributed by atoms with E-state index in [-0.39, 0.29) is 0 Å². The Hall–Kier alpha value is -2.33. The van der Waals surface area contributed by atoms with Gasteiger partial charge in [0.1, 0.15) is 0 Å². The number of nitrogen functional groups attached to an aromatic ring is 1. The highest BCUT2D eigenvalue weighted by atomic mass is 35.5. The van der Waals surface area contributed by atoms with E-state index in [1.165, 1.54) is 0 Å². The summed E-state index contributed by atoms with van der Waals surface area (Å²) in [4.78, 5) is 4.01. The van der Waals surface area contributed by atoms with Gasteiger partial charge in [-0.25, -0.2) is 0 Å². The maximum Gasteiger partial charge on any atom is 0.177 e. The number of pyridine rings is 1. The smallest absolute Gasteiger partial charge is 0.177 e. The Morgan fingerprint density at radius 1 is 1.15 bits per heavy atom. The fraction of sp³-hybridized carbons (Fsp3) is 0.0667. The van der Waals surface area contributed by atoms with Crippen molar-refractivity contribution in [3.63, 3.8) is 0 Å². The molecular weight excluding hydrogens is 274 g/mol. The van der Waals surface area contributed by atoms with Gasteiger partial charge in [0.25, 0.3) is 0 Å². The molecular formula is C15H12ClN3O. The number of rotatable bonds is 2. The van der Waals surface area contributed by atoms with Crippen molar-refractivity contribution in [1.82, 2.24) is 10.1 Å². The average molecular weight is 286 g/mol. The van der Waals surface area contributed by atoms with Crippen molar-refractivity contribution >= 4 is 17.4 Å². The van der Waals surface area contributed by atoms with Crippen LogP contribution < -0.4 is 5.73 Å². The van der Waals surface area contributed by atoms with Crippen LogP contribution in [0.5, 0.6) is 0 Å². The molecule has 3 aromatic rings. The Morgan fingerprint density at radius 3 is 2.65 bits per heavy atom. The van der Waals surface area contributed by atoms with Crippen molar-refractivity contribution in [1.29, 1.82) is 0 Å². The zero-order valence-electron chi connectivity index (χ0n) is 10.8. The van der Waals surface area contributed by atoms with E-state index in [1.54, 1.807) is 12.4 Å². The van der Waals surface area contributed by atoms with Gasteiger partial charge in [-0.3, -0.25) is 4.98 Å². The molecule has 5 heteroatoms. The lowest BCUT2D eigenvalue weighted by Crippen LogP contribution is -1.90. The maximum absolute atomic E-state index is 6.17. The van der Waals surface area contributed by atoms with Gasteiger partial charge in [-0.1, -0.05) is 28.9 Å². The van der Waals surface area contributed by atoms with Crippen LogP contribution in [-0.4, -0.2) is 10.1 Å². The normalized spacial score (nSPS) is 10.7. The fourth-order valence-corrected chi connectivity index (χ4v) is 2.31. The first-order valence-corrected chi connectivity index (χ1v) is 6.47. The molecule has 2 aromatic heterocycles. The van der Waals surface area contributed by atoms with Crippen molar-refractivity contribution in [2.24, 2.45) is 0 Å². The van der Waals surface area contributed by atoms with Crippen molar-refractivity contribution in [3.8, 4) is 22.5 Å². The van der Waals surface area contributed by atoms with Crippen molar-refractivity contribution in [2.45, 2.75) is 6.92 Å². The first-order valence-electron chi connectivity index (χ1n) is 6.09. The summed E-state index contributed by atoms with van der Waals surface area (Å²) in [5, 5.41) is 4.56. The highest BCUT2D eigenvalue weighted by Crippen LogP contribution is 2.38. The maximum atomic E-state index is 6.17. The average Bonchev–Trinajstić information content (AvgIpc) is 2.84. The second-order valence-corrected chi connectivity index (χ2v) is 4.83. The summed E-state index contributed by atoms with van der Waals surface area (Å²) in [5.41, 5.74) is 9.43. The molecule has 0 amide bonds. The molecule has 1 aromatic carbocycles. The molecule has 4 nitrogen and oxygen atoms in total. The van der Waals surface area contributed by atoms with Gasteiger partial charge in [0.15, 0.2) is 11.6 Å². The zero-order valence-corrected chi connectivity index (χ0v) is 11.6. The monoisotopic (exact) mass is 285 g/mol. The number of halogens is 1. The number of nitrogens with two attached hydrogens (primary N) is 1. The largest absolute Gasteiger partial charge is 0.380 e. The van der Waals surface area contributed by atoms with Crippen molar-refractivity contribution in [2.75, 3.05) is 5.73 Å². The van der Waals surface area contributed by atoms with Gasteiger partial charge in [0, 0.05) is 23.0 Å². The van der Waals surface area contributed by atoms with E-state index in [2.05, 4.69) is 10.1 Å². The highest BCUT2D eigenvalue weighted by molar-refractivity contribution is 6.31. The van der Waals surface area contributed by atoms with Gasteiger partial charge < -0.3 is 10.3 Å². The molecule has 3 rings (SSSR count). The number of aromatic nitrogens is 2. The zero-order chi connectivity index (χ0) is 14.1. The number of hydrogen-bond acceptors (Lipinski definition) is 4. The van der Waals surface area contributed by atoms with E-state index in [1.807, 2.05) is 37.3 Å². The summed E-state index contributed by atoms with van der Waals surface area (Å²) < 4.78 is 5.42. The molecule has 0 saturated heterocycles. The lowest BCUT2D eigenvalue weighted by Gasteiger charge is -2.06. The van der Waals surface area contributed by atoms with E-state index in [0.717, 1.165) is 22.3 Å². The van der Waals surface area contributed by atoms with Gasteiger partial charge in [0.2, 0.25) is 0 Å². The van der Waals surface area contributed by atoms with Gasteiger partial charge in [-0.05, 0) is 36.2 Å². The number of hydrogen-bond donors (Lipinski definition) is 1. The molecule has 0 saturated carbocycles. The standard InChI is InChI=1S/C15H12ClN3O/c1-9-11(3-2-4-12(9)16)14-13(15(17)19-20-14)10-5-7-18-8-6-10/h2-8H,1H3,(H2,17,19). The third kappa shape index (κ3) is 2.04. The lowest BCUT2D eigenvalue weighted by molar-refractivity contribution is 0.436. The SMILES string of the molecule is Cc1c(Cl)cccc1-c1onc(N)c1-c1ccncc1. The minimum atomic E-state index is 0.352. The Bertz CT molecular complexity index is 753. The molecule has 2 N–H and O–H groups in total. The van der Waals surface area contributed by atoms with E-state index in [4.69, 9.17) is 21.9 Å². The minimum Gasteiger partial charge on any atom is -0.380 e. The molecule has 0 fully saturated rings. The number of benzene rings is 1. The van der Waals surface area contributed by atoms with E-state index in [9.17, 15) is 0 Å². The summed E-state index contributed by atoms with van der Waals surface area (Å²) in [6, 6.07) is 9.39. The molecule has 0 aliphatic carbocycles. The molecule has 0 radical (unpaired) electrons. The Labute approximate surface area is 121 Å². The lowest BCUT2D eigenvalue weighted by atomic mass is 9.99. The van der Waals surface area contributed by atoms with Crippen LogP contribution >= 0.6 is 11.6 Å². The first kappa shape index (κ1) is 12.7. The van der Waals surface area contributed by atoms with Crippen LogP contribution in [0.4, 0.5) is 5.82 Å². The van der Waals surface area contributed by atoms with Crippen LogP contribution in [0.1, 0.15) is 5.56 Å². The molecule has 0 atom stereocenters. The van der Waals surface area contributed by atoms with E-state index in [0.29, 0.717) is 16.6 Å². The molecule has 20 heavy (non-hydrogen) atoms. The van der Waals surface area contributed by atoms with Crippen LogP contribution in [0.3, 0.4) is 0 Å². The second-order valence-electron chi connectivity index (χ2n) is 4.42. The summed E-state index contributed by atoms with van der Waals surface area (Å²) >= 11 is 6.17. The van der Waals surface area contributed by atoms with Crippen LogP contribution in [-0.2, 0) is 0 Å². The van der Waals surface area contributed by atoms with Crippen LogP contribution in [0.25, 0.3) is 22.5 Å². The fourth-order valence-electron chi connectivity index (χ4n) is 2.14. The Kier molecular flexibility index (Phi) is 3.16. The summed E-state index contributed by atoms with van der Waals surface area (Å²) in [6.45, 7) is 1.94. The van der Waals surface area contributed by atoms with Crippen LogP contribution in [0, 0.1) is 6.92 Å². The third-order valence-corrected chi connectivity index (χ3v) is 3.61. The van der Waals surface area contributed by atoms with Gasteiger partial charge in [-0.15, -0.1) is 0 Å².